The van der Waals surface area contributed by atoms with E-state index < -0.39 is 5.97 Å². The van der Waals surface area contributed by atoms with Crippen molar-refractivity contribution in [2.75, 3.05) is 11.4 Å². The largest absolute Gasteiger partial charge is 0.548 e. The van der Waals surface area contributed by atoms with Gasteiger partial charge in [-0.15, -0.1) is 0 Å². The summed E-state index contributed by atoms with van der Waals surface area (Å²) >= 11 is 5.44. The minimum absolute atomic E-state index is 0.162. The lowest BCUT2D eigenvalue weighted by Crippen LogP contribution is -2.51. The number of carbonyl (C=O) groups is 1. The summed E-state index contributed by atoms with van der Waals surface area (Å²) < 4.78 is 6.11. The van der Waals surface area contributed by atoms with Crippen LogP contribution in [0.5, 0.6) is 5.75 Å². The van der Waals surface area contributed by atoms with Crippen LogP contribution in [0.25, 0.3) is 0 Å². The number of hydrogen-bond acceptors (Lipinski definition) is 4. The quantitative estimate of drug-likeness (QED) is 0.798. The number of benzene rings is 1. The molecule has 0 saturated carbocycles. The second-order valence-corrected chi connectivity index (χ2v) is 6.35. The maximum atomic E-state index is 11.1. The van der Waals surface area contributed by atoms with E-state index in [1.807, 2.05) is 32.0 Å². The van der Waals surface area contributed by atoms with Gasteiger partial charge in [0.15, 0.2) is 6.10 Å². The highest BCUT2D eigenvalue weighted by atomic mass is 32.1. The second-order valence-electron chi connectivity index (χ2n) is 5.93. The van der Waals surface area contributed by atoms with Crippen LogP contribution in [0.4, 0.5) is 5.69 Å². The van der Waals surface area contributed by atoms with Crippen LogP contribution >= 0.6 is 12.2 Å². The van der Waals surface area contributed by atoms with Crippen LogP contribution < -0.4 is 14.7 Å². The molecule has 1 atom stereocenters. The molecular formula is C16H20NO3S-. The molecule has 0 bridgehead atoms. The number of aliphatic carboxylic acids is 1. The van der Waals surface area contributed by atoms with E-state index in [4.69, 9.17) is 17.0 Å². The minimum atomic E-state index is -1.15. The van der Waals surface area contributed by atoms with Crippen LogP contribution in [-0.4, -0.2) is 23.6 Å². The maximum absolute atomic E-state index is 11.1. The number of anilines is 1. The first-order chi connectivity index (χ1) is 9.82. The number of hydrogen-bond donors (Lipinski definition) is 0. The third-order valence-electron chi connectivity index (χ3n) is 3.58. The fourth-order valence-electron chi connectivity index (χ4n) is 2.50. The molecular weight excluding hydrogens is 286 g/mol. The van der Waals surface area contributed by atoms with E-state index in [9.17, 15) is 9.90 Å². The van der Waals surface area contributed by atoms with Crippen molar-refractivity contribution in [1.29, 1.82) is 0 Å². The average Bonchev–Trinajstić information content (AvgIpc) is 2.40. The highest BCUT2D eigenvalue weighted by Crippen LogP contribution is 2.41. The molecule has 1 aromatic rings. The normalized spacial score (nSPS) is 17.9. The van der Waals surface area contributed by atoms with Gasteiger partial charge < -0.3 is 19.5 Å². The number of thiocarbonyl (C=S) groups is 1. The van der Waals surface area contributed by atoms with Crippen LogP contribution in [0.15, 0.2) is 18.2 Å². The molecule has 1 heterocycles. The topological polar surface area (TPSA) is 52.6 Å². The van der Waals surface area contributed by atoms with Crippen LogP contribution in [0.1, 0.15) is 39.2 Å². The molecule has 1 aromatic carbocycles. The highest BCUT2D eigenvalue weighted by Gasteiger charge is 2.34. The van der Waals surface area contributed by atoms with E-state index in [2.05, 4.69) is 13.8 Å². The van der Waals surface area contributed by atoms with Crippen molar-refractivity contribution in [2.45, 2.75) is 39.7 Å². The van der Waals surface area contributed by atoms with Gasteiger partial charge in [-0.2, -0.15) is 0 Å². The van der Waals surface area contributed by atoms with Gasteiger partial charge in [-0.05, 0) is 23.5 Å². The third-order valence-corrected chi connectivity index (χ3v) is 4.04. The molecule has 1 aliphatic rings. The summed E-state index contributed by atoms with van der Waals surface area (Å²) in [6.45, 7) is 7.94. The Balaban J connectivity index is 2.55. The number of carboxylic acid groups (broad SMARTS) is 1. The van der Waals surface area contributed by atoms with Crippen molar-refractivity contribution < 1.29 is 14.6 Å². The number of rotatable bonds is 4. The summed E-state index contributed by atoms with van der Waals surface area (Å²) in [6, 6.07) is 5.75. The van der Waals surface area contributed by atoms with Crippen LogP contribution in [0.2, 0.25) is 0 Å². The third kappa shape index (κ3) is 3.02. The summed E-state index contributed by atoms with van der Waals surface area (Å²) in [5, 5.41) is 11.1. The standard InChI is InChI=1S/C16H21NO3S/c1-9(2)11-6-5-7-12-15(11)20-14(10(3)4)16(21)17(12)8-13(18)19/h5-7,9-10,14H,8H2,1-4H3,(H,18,19)/p-1/t14-/m1/s1. The number of fused-ring (bicyclic) bond motifs is 1. The van der Waals surface area contributed by atoms with E-state index in [-0.39, 0.29) is 24.5 Å². The summed E-state index contributed by atoms with van der Waals surface area (Å²) in [6.07, 6.45) is -0.299. The molecule has 1 aliphatic heterocycles. The number of para-hydroxylation sites is 1. The Kier molecular flexibility index (Phi) is 4.52. The van der Waals surface area contributed by atoms with E-state index in [0.717, 1.165) is 11.3 Å². The molecule has 21 heavy (non-hydrogen) atoms. The van der Waals surface area contributed by atoms with Gasteiger partial charge >= 0.3 is 0 Å². The Hall–Kier alpha value is -1.62. The summed E-state index contributed by atoms with van der Waals surface area (Å²) in [7, 11) is 0. The Morgan fingerprint density at radius 2 is 2.05 bits per heavy atom. The molecule has 0 fully saturated rings. The zero-order valence-electron chi connectivity index (χ0n) is 12.8. The summed E-state index contributed by atoms with van der Waals surface area (Å²) in [5.41, 5.74) is 1.77. The Morgan fingerprint density at radius 3 is 2.57 bits per heavy atom. The van der Waals surface area contributed by atoms with Crippen molar-refractivity contribution in [3.8, 4) is 5.75 Å². The van der Waals surface area contributed by atoms with Crippen molar-refractivity contribution in [1.82, 2.24) is 0 Å². The first kappa shape index (κ1) is 15.8. The number of carbonyl (C=O) groups excluding carboxylic acids is 1. The molecule has 0 unspecified atom stereocenters. The van der Waals surface area contributed by atoms with E-state index >= 15 is 0 Å². The van der Waals surface area contributed by atoms with Gasteiger partial charge in [0.05, 0.1) is 18.2 Å². The molecule has 0 N–H and O–H groups in total. The molecule has 0 aromatic heterocycles. The van der Waals surface area contributed by atoms with Gasteiger partial charge in [0.25, 0.3) is 0 Å². The molecule has 0 aliphatic carbocycles. The highest BCUT2D eigenvalue weighted by molar-refractivity contribution is 7.80. The van der Waals surface area contributed by atoms with Crippen LogP contribution in [0.3, 0.4) is 0 Å². The lowest BCUT2D eigenvalue weighted by molar-refractivity contribution is -0.303. The monoisotopic (exact) mass is 306 g/mol. The van der Waals surface area contributed by atoms with E-state index in [1.165, 1.54) is 0 Å². The number of nitrogens with zero attached hydrogens (tertiary/aromatic N) is 1. The summed E-state index contributed by atoms with van der Waals surface area (Å²) in [4.78, 5) is 13.2. The van der Waals surface area contributed by atoms with Crippen molar-refractivity contribution in [3.05, 3.63) is 23.8 Å². The number of ether oxygens (including phenoxy) is 1. The fraction of sp³-hybridized carbons (Fsp3) is 0.500. The molecule has 114 valence electrons. The molecule has 4 nitrogen and oxygen atoms in total. The van der Waals surface area contributed by atoms with E-state index in [1.54, 1.807) is 4.90 Å². The molecule has 5 heteroatoms. The molecule has 0 spiro atoms. The van der Waals surface area contributed by atoms with Crippen molar-refractivity contribution in [3.63, 3.8) is 0 Å². The minimum Gasteiger partial charge on any atom is -0.548 e. The van der Waals surface area contributed by atoms with Gasteiger partial charge in [0.1, 0.15) is 10.7 Å². The van der Waals surface area contributed by atoms with E-state index in [0.29, 0.717) is 10.7 Å². The van der Waals surface area contributed by atoms with Gasteiger partial charge in [0.2, 0.25) is 0 Å². The van der Waals surface area contributed by atoms with Crippen molar-refractivity contribution in [2.24, 2.45) is 5.92 Å². The fourth-order valence-corrected chi connectivity index (χ4v) is 2.98. The lowest BCUT2D eigenvalue weighted by Gasteiger charge is -2.39. The van der Waals surface area contributed by atoms with Crippen molar-refractivity contribution >= 4 is 28.9 Å². The molecule has 0 radical (unpaired) electrons. The average molecular weight is 306 g/mol. The molecule has 0 saturated heterocycles. The van der Waals surface area contributed by atoms with Gasteiger partial charge in [-0.3, -0.25) is 0 Å². The maximum Gasteiger partial charge on any atom is 0.151 e. The molecule has 0 amide bonds. The zero-order chi connectivity index (χ0) is 15.7. The van der Waals surface area contributed by atoms with Gasteiger partial charge in [-0.1, -0.05) is 52.0 Å². The number of carboxylic acids is 1. The zero-order valence-corrected chi connectivity index (χ0v) is 13.6. The predicted molar refractivity (Wildman–Crippen MR) is 84.7 cm³/mol. The first-order valence-electron chi connectivity index (χ1n) is 7.13. The summed E-state index contributed by atoms with van der Waals surface area (Å²) in [5.74, 6) is 0.0306. The second kappa shape index (κ2) is 6.02. The molecule has 2 rings (SSSR count). The Morgan fingerprint density at radius 1 is 1.38 bits per heavy atom. The Bertz CT molecular complexity index is 569. The Labute approximate surface area is 130 Å². The lowest BCUT2D eigenvalue weighted by atomic mass is 9.97. The van der Waals surface area contributed by atoms with Crippen LogP contribution in [-0.2, 0) is 4.79 Å². The SMILES string of the molecule is CC(C)c1cccc2c1O[C@H](C(C)C)C(=S)N2CC(=O)[O-]. The first-order valence-corrected chi connectivity index (χ1v) is 7.54. The van der Waals surface area contributed by atoms with Gasteiger partial charge in [-0.25, -0.2) is 0 Å². The van der Waals surface area contributed by atoms with Crippen LogP contribution in [0, 0.1) is 5.92 Å². The smallest absolute Gasteiger partial charge is 0.151 e. The predicted octanol–water partition coefficient (Wildman–Crippen LogP) is 2.11. The van der Waals surface area contributed by atoms with Gasteiger partial charge in [0, 0.05) is 0 Å².